The molecule has 1 aromatic heterocycles. The summed E-state index contributed by atoms with van der Waals surface area (Å²) in [6, 6.07) is 20.2. The zero-order chi connectivity index (χ0) is 24.4. The first-order chi connectivity index (χ1) is 16.9. The van der Waals surface area contributed by atoms with Crippen molar-refractivity contribution in [3.63, 3.8) is 0 Å². The number of rotatable bonds is 8. The minimum absolute atomic E-state index is 0.0658. The number of halogens is 1. The predicted molar refractivity (Wildman–Crippen MR) is 139 cm³/mol. The lowest BCUT2D eigenvalue weighted by Gasteiger charge is -2.30. The molecule has 1 fully saturated rings. The first-order valence-electron chi connectivity index (χ1n) is 12.1. The van der Waals surface area contributed by atoms with Crippen LogP contribution in [0.1, 0.15) is 37.1 Å². The summed E-state index contributed by atoms with van der Waals surface area (Å²) in [6.07, 6.45) is 3.61. The molecule has 2 heterocycles. The van der Waals surface area contributed by atoms with E-state index in [9.17, 15) is 9.59 Å². The molecule has 5 rings (SSSR count). The van der Waals surface area contributed by atoms with Crippen molar-refractivity contribution < 1.29 is 9.59 Å². The van der Waals surface area contributed by atoms with Gasteiger partial charge >= 0.3 is 0 Å². The molecule has 6 nitrogen and oxygen atoms in total. The van der Waals surface area contributed by atoms with Crippen LogP contribution in [0.2, 0.25) is 5.02 Å². The number of fused-ring (bicyclic) bond motifs is 2. The van der Waals surface area contributed by atoms with Gasteiger partial charge in [0.25, 0.3) is 0 Å². The quantitative estimate of drug-likeness (QED) is 0.364. The molecule has 2 amide bonds. The number of H-pyrrole nitrogens is 1. The molecule has 0 saturated carbocycles. The van der Waals surface area contributed by atoms with Gasteiger partial charge in [-0.05, 0) is 53.8 Å². The third-order valence-electron chi connectivity index (χ3n) is 7.06. The number of hydrogen-bond donors (Lipinski definition) is 2. The first-order valence-corrected chi connectivity index (χ1v) is 12.4. The third-order valence-corrected chi connectivity index (χ3v) is 7.30. The lowest BCUT2D eigenvalue weighted by Crippen LogP contribution is -2.44. The van der Waals surface area contributed by atoms with E-state index in [0.29, 0.717) is 37.3 Å². The number of nitrogens with one attached hydrogen (secondary N) is 2. The number of likely N-dealkylation sites (N-methyl/N-ethyl adjacent to an activating group) is 1. The minimum atomic E-state index is -0.393. The van der Waals surface area contributed by atoms with E-state index in [1.165, 1.54) is 16.3 Å². The normalized spacial score (nSPS) is 17.7. The van der Waals surface area contributed by atoms with Crippen LogP contribution >= 0.6 is 11.6 Å². The van der Waals surface area contributed by atoms with E-state index in [2.05, 4.69) is 45.6 Å². The van der Waals surface area contributed by atoms with Gasteiger partial charge < -0.3 is 15.2 Å². The maximum atomic E-state index is 13.0. The van der Waals surface area contributed by atoms with Crippen LogP contribution in [0.4, 0.5) is 0 Å². The number of amides is 2. The highest BCUT2D eigenvalue weighted by molar-refractivity contribution is 6.31. The number of aromatic nitrogens is 2. The minimum Gasteiger partial charge on any atom is -0.350 e. The SMILES string of the molecule is CN(CCc1nc2ccc(Cl)cc2[nH]1)C(=O)CC[C@]1(Cc2cccc3ccccc23)CCC(=O)N1. The van der Waals surface area contributed by atoms with Crippen molar-refractivity contribution in [3.05, 3.63) is 77.1 Å². The van der Waals surface area contributed by atoms with Crippen LogP contribution < -0.4 is 5.32 Å². The van der Waals surface area contributed by atoms with Crippen LogP contribution in [0.15, 0.2) is 60.7 Å². The fourth-order valence-corrected chi connectivity index (χ4v) is 5.25. The average molecular weight is 489 g/mol. The van der Waals surface area contributed by atoms with Gasteiger partial charge in [0.05, 0.1) is 11.0 Å². The van der Waals surface area contributed by atoms with E-state index in [0.717, 1.165) is 29.7 Å². The molecule has 0 spiro atoms. The van der Waals surface area contributed by atoms with E-state index < -0.39 is 5.54 Å². The molecule has 1 aliphatic heterocycles. The molecule has 1 atom stereocenters. The molecule has 0 unspecified atom stereocenters. The number of carbonyl (C=O) groups is 2. The number of carbonyl (C=O) groups excluding carboxylic acids is 2. The first kappa shape index (κ1) is 23.4. The molecular weight excluding hydrogens is 460 g/mol. The zero-order valence-corrected chi connectivity index (χ0v) is 20.6. The Kier molecular flexibility index (Phi) is 6.48. The maximum absolute atomic E-state index is 13.0. The van der Waals surface area contributed by atoms with Crippen LogP contribution in [0.3, 0.4) is 0 Å². The van der Waals surface area contributed by atoms with Gasteiger partial charge in [0.1, 0.15) is 5.82 Å². The fourth-order valence-electron chi connectivity index (χ4n) is 5.08. The molecule has 7 heteroatoms. The Labute approximate surface area is 209 Å². The van der Waals surface area contributed by atoms with Gasteiger partial charge in [-0.15, -0.1) is 0 Å². The Morgan fingerprint density at radius 3 is 2.80 bits per heavy atom. The molecule has 0 bridgehead atoms. The van der Waals surface area contributed by atoms with Gasteiger partial charge in [-0.1, -0.05) is 54.1 Å². The predicted octanol–water partition coefficient (Wildman–Crippen LogP) is 5.04. The molecule has 1 aliphatic rings. The lowest BCUT2D eigenvalue weighted by molar-refractivity contribution is -0.130. The Bertz CT molecular complexity index is 1390. The van der Waals surface area contributed by atoms with E-state index in [1.807, 2.05) is 37.4 Å². The summed E-state index contributed by atoms with van der Waals surface area (Å²) in [5.74, 6) is 0.969. The molecule has 3 aromatic carbocycles. The standard InChI is InChI=1S/C28H29ClN4O2/c1-33(16-13-25-30-23-10-9-21(29)17-24(23)31-25)27(35)12-15-28(14-11-26(34)32-28)18-20-7-4-6-19-5-2-3-8-22(19)20/h2-10,17H,11-16,18H2,1H3,(H,30,31)(H,32,34)/t28-/m0/s1. The summed E-state index contributed by atoms with van der Waals surface area (Å²) in [4.78, 5) is 34.8. The van der Waals surface area contributed by atoms with Crippen LogP contribution in [-0.4, -0.2) is 45.8 Å². The highest BCUT2D eigenvalue weighted by Crippen LogP contribution is 2.32. The summed E-state index contributed by atoms with van der Waals surface area (Å²) in [6.45, 7) is 0.565. The number of imidazole rings is 1. The van der Waals surface area contributed by atoms with Crippen molar-refractivity contribution in [1.29, 1.82) is 0 Å². The van der Waals surface area contributed by atoms with Crippen molar-refractivity contribution in [3.8, 4) is 0 Å². The van der Waals surface area contributed by atoms with Gasteiger partial charge in [0, 0.05) is 43.4 Å². The second-order valence-corrected chi connectivity index (χ2v) is 9.99. The van der Waals surface area contributed by atoms with Gasteiger partial charge in [0.15, 0.2) is 0 Å². The van der Waals surface area contributed by atoms with Crippen molar-refractivity contribution in [2.45, 2.75) is 44.1 Å². The molecule has 35 heavy (non-hydrogen) atoms. The fraction of sp³-hybridized carbons (Fsp3) is 0.321. The molecule has 0 aliphatic carbocycles. The molecule has 0 radical (unpaired) electrons. The second kappa shape index (κ2) is 9.70. The van der Waals surface area contributed by atoms with Crippen LogP contribution in [-0.2, 0) is 22.4 Å². The van der Waals surface area contributed by atoms with Crippen LogP contribution in [0.25, 0.3) is 21.8 Å². The lowest BCUT2D eigenvalue weighted by atomic mass is 9.83. The van der Waals surface area contributed by atoms with Gasteiger partial charge in [-0.3, -0.25) is 9.59 Å². The van der Waals surface area contributed by atoms with Crippen LogP contribution in [0, 0.1) is 0 Å². The zero-order valence-electron chi connectivity index (χ0n) is 19.8. The van der Waals surface area contributed by atoms with E-state index >= 15 is 0 Å². The highest BCUT2D eigenvalue weighted by Gasteiger charge is 2.38. The molecular formula is C28H29ClN4O2. The van der Waals surface area contributed by atoms with Crippen molar-refractivity contribution in [2.24, 2.45) is 0 Å². The molecule has 180 valence electrons. The maximum Gasteiger partial charge on any atom is 0.222 e. The highest BCUT2D eigenvalue weighted by atomic mass is 35.5. The molecule has 2 N–H and O–H groups in total. The summed E-state index contributed by atoms with van der Waals surface area (Å²) in [5.41, 5.74) is 2.58. The van der Waals surface area contributed by atoms with Crippen molar-refractivity contribution in [2.75, 3.05) is 13.6 Å². The van der Waals surface area contributed by atoms with E-state index in [4.69, 9.17) is 11.6 Å². The number of benzene rings is 3. The van der Waals surface area contributed by atoms with Crippen LogP contribution in [0.5, 0.6) is 0 Å². The Morgan fingerprint density at radius 1 is 1.14 bits per heavy atom. The van der Waals surface area contributed by atoms with Crippen molar-refractivity contribution in [1.82, 2.24) is 20.2 Å². The van der Waals surface area contributed by atoms with Gasteiger partial charge in [-0.2, -0.15) is 0 Å². The largest absolute Gasteiger partial charge is 0.350 e. The van der Waals surface area contributed by atoms with E-state index in [1.54, 1.807) is 4.90 Å². The number of nitrogens with zero attached hydrogens (tertiary/aromatic N) is 2. The monoisotopic (exact) mass is 488 g/mol. The number of aromatic amines is 1. The summed E-state index contributed by atoms with van der Waals surface area (Å²) in [5, 5.41) is 6.27. The Morgan fingerprint density at radius 2 is 1.97 bits per heavy atom. The number of hydrogen-bond acceptors (Lipinski definition) is 3. The Hall–Kier alpha value is -3.38. The van der Waals surface area contributed by atoms with Gasteiger partial charge in [-0.25, -0.2) is 4.98 Å². The smallest absolute Gasteiger partial charge is 0.222 e. The average Bonchev–Trinajstić information content (AvgIpc) is 3.43. The summed E-state index contributed by atoms with van der Waals surface area (Å²) < 4.78 is 0. The Balaban J connectivity index is 1.23. The van der Waals surface area contributed by atoms with Crippen molar-refractivity contribution >= 4 is 45.2 Å². The summed E-state index contributed by atoms with van der Waals surface area (Å²) >= 11 is 6.06. The molecule has 1 saturated heterocycles. The van der Waals surface area contributed by atoms with E-state index in [-0.39, 0.29) is 11.8 Å². The van der Waals surface area contributed by atoms with Gasteiger partial charge in [0.2, 0.25) is 11.8 Å². The second-order valence-electron chi connectivity index (χ2n) is 9.55. The summed E-state index contributed by atoms with van der Waals surface area (Å²) in [7, 11) is 1.83. The third kappa shape index (κ3) is 5.17. The molecule has 4 aromatic rings. The topological polar surface area (TPSA) is 78.1 Å².